The molecule has 2 aromatic carbocycles. The molecule has 29 heavy (non-hydrogen) atoms. The SMILES string of the molecule is c1ccc(-c2nc(N3CCC(NC4CCOCC4)CC3)c3ccccc3n2)cc1. The summed E-state index contributed by atoms with van der Waals surface area (Å²) in [5.41, 5.74) is 2.08. The molecule has 0 spiro atoms. The molecule has 5 nitrogen and oxygen atoms in total. The van der Waals surface area contributed by atoms with Crippen LogP contribution >= 0.6 is 0 Å². The molecule has 0 radical (unpaired) electrons. The van der Waals surface area contributed by atoms with Gasteiger partial charge in [-0.2, -0.15) is 0 Å². The van der Waals surface area contributed by atoms with Gasteiger partial charge in [0.15, 0.2) is 5.82 Å². The van der Waals surface area contributed by atoms with E-state index in [0.29, 0.717) is 12.1 Å². The summed E-state index contributed by atoms with van der Waals surface area (Å²) in [5, 5.41) is 5.01. The van der Waals surface area contributed by atoms with Crippen molar-refractivity contribution in [2.24, 2.45) is 0 Å². The minimum absolute atomic E-state index is 0.594. The zero-order chi connectivity index (χ0) is 19.5. The van der Waals surface area contributed by atoms with E-state index in [-0.39, 0.29) is 0 Å². The summed E-state index contributed by atoms with van der Waals surface area (Å²) in [7, 11) is 0. The first-order valence-electron chi connectivity index (χ1n) is 10.8. The maximum atomic E-state index is 5.49. The van der Waals surface area contributed by atoms with Gasteiger partial charge in [0.05, 0.1) is 5.52 Å². The van der Waals surface area contributed by atoms with Crippen molar-refractivity contribution in [2.75, 3.05) is 31.2 Å². The first-order valence-corrected chi connectivity index (χ1v) is 10.8. The van der Waals surface area contributed by atoms with Crippen molar-refractivity contribution in [3.63, 3.8) is 0 Å². The first-order chi connectivity index (χ1) is 14.4. The molecule has 0 atom stereocenters. The van der Waals surface area contributed by atoms with Gasteiger partial charge in [0, 0.05) is 49.3 Å². The van der Waals surface area contributed by atoms with Crippen LogP contribution in [-0.4, -0.2) is 48.4 Å². The summed E-state index contributed by atoms with van der Waals surface area (Å²) in [6.45, 7) is 3.84. The zero-order valence-electron chi connectivity index (χ0n) is 16.8. The molecule has 2 aliphatic heterocycles. The van der Waals surface area contributed by atoms with Gasteiger partial charge in [0.1, 0.15) is 5.82 Å². The third kappa shape index (κ3) is 4.11. The van der Waals surface area contributed by atoms with E-state index < -0.39 is 0 Å². The number of rotatable bonds is 4. The van der Waals surface area contributed by atoms with Gasteiger partial charge < -0.3 is 15.0 Å². The van der Waals surface area contributed by atoms with E-state index >= 15 is 0 Å². The number of piperidine rings is 1. The van der Waals surface area contributed by atoms with Crippen LogP contribution in [0, 0.1) is 0 Å². The van der Waals surface area contributed by atoms with E-state index in [4.69, 9.17) is 14.7 Å². The molecular weight excluding hydrogens is 360 g/mol. The second-order valence-corrected chi connectivity index (χ2v) is 8.07. The molecule has 2 saturated heterocycles. The number of aromatic nitrogens is 2. The van der Waals surface area contributed by atoms with Crippen LogP contribution in [0.15, 0.2) is 54.6 Å². The van der Waals surface area contributed by atoms with E-state index in [9.17, 15) is 0 Å². The topological polar surface area (TPSA) is 50.3 Å². The fourth-order valence-corrected chi connectivity index (χ4v) is 4.47. The van der Waals surface area contributed by atoms with Crippen LogP contribution < -0.4 is 10.2 Å². The van der Waals surface area contributed by atoms with E-state index in [1.165, 1.54) is 0 Å². The van der Waals surface area contributed by atoms with Crippen molar-refractivity contribution in [3.05, 3.63) is 54.6 Å². The van der Waals surface area contributed by atoms with Gasteiger partial charge in [-0.3, -0.25) is 0 Å². The Morgan fingerprint density at radius 3 is 2.28 bits per heavy atom. The summed E-state index contributed by atoms with van der Waals surface area (Å²) in [4.78, 5) is 12.3. The van der Waals surface area contributed by atoms with E-state index in [1.807, 2.05) is 18.2 Å². The monoisotopic (exact) mass is 388 g/mol. The minimum Gasteiger partial charge on any atom is -0.381 e. The summed E-state index contributed by atoms with van der Waals surface area (Å²) in [6, 6.07) is 19.9. The molecule has 0 amide bonds. The summed E-state index contributed by atoms with van der Waals surface area (Å²) < 4.78 is 5.49. The van der Waals surface area contributed by atoms with Gasteiger partial charge in [0.2, 0.25) is 0 Å². The van der Waals surface area contributed by atoms with Crippen molar-refractivity contribution in [2.45, 2.75) is 37.8 Å². The normalized spacial score (nSPS) is 19.0. The molecular formula is C24H28N4O. The van der Waals surface area contributed by atoms with E-state index in [1.54, 1.807) is 0 Å². The number of fused-ring (bicyclic) bond motifs is 1. The standard InChI is InChI=1S/C24H28N4O/c1-2-6-18(7-3-1)23-26-22-9-5-4-8-21(22)24(27-23)28-14-10-19(11-15-28)25-20-12-16-29-17-13-20/h1-9,19-20,25H,10-17H2. The van der Waals surface area contributed by atoms with Crippen LogP contribution in [0.1, 0.15) is 25.7 Å². The Labute approximate surface area is 172 Å². The number of ether oxygens (including phenoxy) is 1. The van der Waals surface area contributed by atoms with Crippen LogP contribution in [-0.2, 0) is 4.74 Å². The maximum absolute atomic E-state index is 5.49. The Balaban J connectivity index is 1.37. The van der Waals surface area contributed by atoms with E-state index in [2.05, 4.69) is 46.6 Å². The number of hydrogen-bond donors (Lipinski definition) is 1. The van der Waals surface area contributed by atoms with Gasteiger partial charge in [-0.05, 0) is 37.8 Å². The Hall–Kier alpha value is -2.50. The van der Waals surface area contributed by atoms with Crippen molar-refractivity contribution in [1.29, 1.82) is 0 Å². The van der Waals surface area contributed by atoms with Crippen LogP contribution in [0.4, 0.5) is 5.82 Å². The average molecular weight is 389 g/mol. The molecule has 0 bridgehead atoms. The largest absolute Gasteiger partial charge is 0.381 e. The molecule has 1 aromatic heterocycles. The molecule has 5 heteroatoms. The summed E-state index contributed by atoms with van der Waals surface area (Å²) in [5.74, 6) is 1.88. The highest BCUT2D eigenvalue weighted by Gasteiger charge is 2.25. The second-order valence-electron chi connectivity index (χ2n) is 8.07. The molecule has 0 unspecified atom stereocenters. The van der Waals surface area contributed by atoms with Crippen LogP contribution in [0.5, 0.6) is 0 Å². The smallest absolute Gasteiger partial charge is 0.162 e. The maximum Gasteiger partial charge on any atom is 0.162 e. The quantitative estimate of drug-likeness (QED) is 0.731. The molecule has 150 valence electrons. The second kappa shape index (κ2) is 8.47. The number of para-hydroxylation sites is 1. The van der Waals surface area contributed by atoms with Crippen molar-refractivity contribution in [3.8, 4) is 11.4 Å². The van der Waals surface area contributed by atoms with Crippen LogP contribution in [0.25, 0.3) is 22.3 Å². The molecule has 3 aromatic rings. The summed E-state index contributed by atoms with van der Waals surface area (Å²) >= 11 is 0. The van der Waals surface area contributed by atoms with Gasteiger partial charge in [-0.1, -0.05) is 42.5 Å². The Morgan fingerprint density at radius 1 is 0.793 bits per heavy atom. The molecule has 2 fully saturated rings. The van der Waals surface area contributed by atoms with Crippen molar-refractivity contribution < 1.29 is 4.74 Å². The Morgan fingerprint density at radius 2 is 1.48 bits per heavy atom. The number of nitrogens with one attached hydrogen (secondary N) is 1. The fraction of sp³-hybridized carbons (Fsp3) is 0.417. The number of benzene rings is 2. The lowest BCUT2D eigenvalue weighted by Gasteiger charge is -2.36. The molecule has 2 aliphatic rings. The Bertz CT molecular complexity index is 948. The van der Waals surface area contributed by atoms with Crippen LogP contribution in [0.2, 0.25) is 0 Å². The zero-order valence-corrected chi connectivity index (χ0v) is 16.8. The molecule has 3 heterocycles. The number of nitrogens with zero attached hydrogens (tertiary/aromatic N) is 3. The number of anilines is 1. The lowest BCUT2D eigenvalue weighted by Crippen LogP contribution is -2.48. The van der Waals surface area contributed by atoms with E-state index in [0.717, 1.165) is 80.1 Å². The third-order valence-electron chi connectivity index (χ3n) is 6.10. The molecule has 1 N–H and O–H groups in total. The van der Waals surface area contributed by atoms with Gasteiger partial charge in [-0.25, -0.2) is 9.97 Å². The highest BCUT2D eigenvalue weighted by Crippen LogP contribution is 2.29. The minimum atomic E-state index is 0.594. The summed E-state index contributed by atoms with van der Waals surface area (Å²) in [6.07, 6.45) is 4.57. The fourth-order valence-electron chi connectivity index (χ4n) is 4.47. The van der Waals surface area contributed by atoms with Crippen molar-refractivity contribution >= 4 is 16.7 Å². The van der Waals surface area contributed by atoms with Gasteiger partial charge in [0.25, 0.3) is 0 Å². The predicted octanol–water partition coefficient (Wildman–Crippen LogP) is 4.03. The highest BCUT2D eigenvalue weighted by atomic mass is 16.5. The average Bonchev–Trinajstić information content (AvgIpc) is 2.80. The highest BCUT2D eigenvalue weighted by molar-refractivity contribution is 5.91. The lowest BCUT2D eigenvalue weighted by molar-refractivity contribution is 0.0738. The van der Waals surface area contributed by atoms with Gasteiger partial charge in [-0.15, -0.1) is 0 Å². The predicted molar refractivity (Wildman–Crippen MR) is 117 cm³/mol. The van der Waals surface area contributed by atoms with Gasteiger partial charge >= 0.3 is 0 Å². The number of hydrogen-bond acceptors (Lipinski definition) is 5. The molecule has 5 rings (SSSR count). The molecule has 0 saturated carbocycles. The van der Waals surface area contributed by atoms with Crippen molar-refractivity contribution in [1.82, 2.24) is 15.3 Å². The molecule has 0 aliphatic carbocycles. The Kier molecular flexibility index (Phi) is 5.41. The lowest BCUT2D eigenvalue weighted by atomic mass is 10.0. The third-order valence-corrected chi connectivity index (χ3v) is 6.10. The first kappa shape index (κ1) is 18.5. The van der Waals surface area contributed by atoms with Crippen LogP contribution in [0.3, 0.4) is 0 Å².